The van der Waals surface area contributed by atoms with E-state index in [4.69, 9.17) is 16.3 Å². The predicted molar refractivity (Wildman–Crippen MR) is 103 cm³/mol. The number of carbonyl (C=O) groups is 1. The fraction of sp³-hybridized carbons (Fsp3) is 0.200. The van der Waals surface area contributed by atoms with Gasteiger partial charge in [0.1, 0.15) is 17.4 Å². The highest BCUT2D eigenvalue weighted by atomic mass is 35.5. The van der Waals surface area contributed by atoms with Crippen LogP contribution in [0.3, 0.4) is 0 Å². The molecule has 0 bridgehead atoms. The summed E-state index contributed by atoms with van der Waals surface area (Å²) in [5.41, 5.74) is -0.953. The highest BCUT2D eigenvalue weighted by Gasteiger charge is 2.33. The molecule has 9 heteroatoms. The first-order valence-electron chi connectivity index (χ1n) is 8.34. The van der Waals surface area contributed by atoms with Crippen molar-refractivity contribution in [3.05, 3.63) is 70.4 Å². The Morgan fingerprint density at radius 3 is 2.45 bits per heavy atom. The molecule has 2 rings (SSSR count). The molecule has 29 heavy (non-hydrogen) atoms. The molecule has 0 aromatic heterocycles. The third kappa shape index (κ3) is 5.90. The SMILES string of the molecule is COc1ccc(C(C)NC(=O)/C(C#N)=C\Nc2ccc(Cl)cc2C(F)(F)F)cc1. The zero-order valence-electron chi connectivity index (χ0n) is 15.5. The molecule has 2 aromatic carbocycles. The molecule has 0 saturated carbocycles. The van der Waals surface area contributed by atoms with Crippen molar-refractivity contribution in [3.63, 3.8) is 0 Å². The van der Waals surface area contributed by atoms with Crippen LogP contribution in [0, 0.1) is 11.3 Å². The molecular weight excluding hydrogens is 407 g/mol. The average Bonchev–Trinajstić information content (AvgIpc) is 2.68. The zero-order chi connectivity index (χ0) is 21.6. The third-order valence-corrected chi connectivity index (χ3v) is 4.22. The first-order chi connectivity index (χ1) is 13.7. The number of nitrogens with zero attached hydrogens (tertiary/aromatic N) is 1. The molecule has 0 radical (unpaired) electrons. The number of hydrogen-bond acceptors (Lipinski definition) is 4. The Morgan fingerprint density at radius 2 is 1.90 bits per heavy atom. The van der Waals surface area contributed by atoms with E-state index in [0.717, 1.165) is 23.9 Å². The number of carbonyl (C=O) groups excluding carboxylic acids is 1. The van der Waals surface area contributed by atoms with Gasteiger partial charge in [-0.3, -0.25) is 4.79 Å². The largest absolute Gasteiger partial charge is 0.497 e. The maximum absolute atomic E-state index is 13.1. The van der Waals surface area contributed by atoms with E-state index in [0.29, 0.717) is 5.75 Å². The number of ether oxygens (including phenoxy) is 1. The number of rotatable bonds is 6. The third-order valence-electron chi connectivity index (χ3n) is 3.99. The van der Waals surface area contributed by atoms with Crippen LogP contribution in [0.15, 0.2) is 54.2 Å². The lowest BCUT2D eigenvalue weighted by molar-refractivity contribution is -0.136. The molecule has 1 atom stereocenters. The Hall–Kier alpha value is -3.18. The predicted octanol–water partition coefficient (Wildman–Crippen LogP) is 5.06. The Balaban J connectivity index is 2.15. The Bertz CT molecular complexity index is 951. The number of alkyl halides is 3. The lowest BCUT2D eigenvalue weighted by atomic mass is 10.1. The minimum atomic E-state index is -4.65. The second-order valence-corrected chi connectivity index (χ2v) is 6.41. The quantitative estimate of drug-likeness (QED) is 0.503. The molecule has 1 unspecified atom stereocenters. The van der Waals surface area contributed by atoms with E-state index in [9.17, 15) is 23.2 Å². The van der Waals surface area contributed by atoms with Crippen molar-refractivity contribution in [2.24, 2.45) is 0 Å². The van der Waals surface area contributed by atoms with Gasteiger partial charge >= 0.3 is 6.18 Å². The van der Waals surface area contributed by atoms with Crippen LogP contribution in [0.2, 0.25) is 5.02 Å². The standard InChI is InChI=1S/C20H17ClF3N3O2/c1-12(13-3-6-16(29-2)7-4-13)27-19(28)14(10-25)11-26-18-8-5-15(21)9-17(18)20(22,23)24/h3-9,11-12,26H,1-2H3,(H,27,28)/b14-11-. The summed E-state index contributed by atoms with van der Waals surface area (Å²) in [6, 6.07) is 11.3. The van der Waals surface area contributed by atoms with Gasteiger partial charge in [-0.2, -0.15) is 18.4 Å². The van der Waals surface area contributed by atoms with Crippen LogP contribution in [0.1, 0.15) is 24.1 Å². The maximum Gasteiger partial charge on any atom is 0.418 e. The molecule has 0 spiro atoms. The Morgan fingerprint density at radius 1 is 1.24 bits per heavy atom. The minimum Gasteiger partial charge on any atom is -0.497 e. The number of benzene rings is 2. The minimum absolute atomic E-state index is 0.0848. The van der Waals surface area contributed by atoms with E-state index in [1.54, 1.807) is 37.3 Å². The van der Waals surface area contributed by atoms with Gasteiger partial charge in [-0.1, -0.05) is 23.7 Å². The van der Waals surface area contributed by atoms with Crippen LogP contribution < -0.4 is 15.4 Å². The van der Waals surface area contributed by atoms with Gasteiger partial charge in [-0.25, -0.2) is 0 Å². The van der Waals surface area contributed by atoms with Crippen LogP contribution >= 0.6 is 11.6 Å². The Kier molecular flexibility index (Phi) is 7.13. The number of nitrogens with one attached hydrogen (secondary N) is 2. The van der Waals surface area contributed by atoms with Gasteiger partial charge in [0, 0.05) is 11.2 Å². The summed E-state index contributed by atoms with van der Waals surface area (Å²) in [7, 11) is 1.53. The summed E-state index contributed by atoms with van der Waals surface area (Å²) in [5.74, 6) is -0.0802. The van der Waals surface area contributed by atoms with Crippen molar-refractivity contribution < 1.29 is 22.7 Å². The number of hydrogen-bond donors (Lipinski definition) is 2. The highest BCUT2D eigenvalue weighted by Crippen LogP contribution is 2.36. The molecule has 0 aliphatic rings. The van der Waals surface area contributed by atoms with E-state index < -0.39 is 23.7 Å². The first kappa shape index (κ1) is 22.1. The van der Waals surface area contributed by atoms with Gasteiger partial charge in [-0.05, 0) is 42.8 Å². The molecule has 1 amide bonds. The van der Waals surface area contributed by atoms with Crippen molar-refractivity contribution in [2.75, 3.05) is 12.4 Å². The Labute approximate surface area is 170 Å². The summed E-state index contributed by atoms with van der Waals surface area (Å²) < 4.78 is 44.5. The average molecular weight is 424 g/mol. The van der Waals surface area contributed by atoms with Crippen molar-refractivity contribution in [1.29, 1.82) is 5.26 Å². The van der Waals surface area contributed by atoms with Crippen molar-refractivity contribution in [2.45, 2.75) is 19.1 Å². The van der Waals surface area contributed by atoms with Gasteiger partial charge in [0.25, 0.3) is 5.91 Å². The lowest BCUT2D eigenvalue weighted by Crippen LogP contribution is -2.28. The van der Waals surface area contributed by atoms with E-state index in [2.05, 4.69) is 10.6 Å². The van der Waals surface area contributed by atoms with Gasteiger partial charge in [0.15, 0.2) is 0 Å². The van der Waals surface area contributed by atoms with E-state index in [-0.39, 0.29) is 16.3 Å². The highest BCUT2D eigenvalue weighted by molar-refractivity contribution is 6.30. The fourth-order valence-electron chi connectivity index (χ4n) is 2.43. The normalized spacial score (nSPS) is 12.7. The van der Waals surface area contributed by atoms with Crippen molar-refractivity contribution in [1.82, 2.24) is 5.32 Å². The second kappa shape index (κ2) is 9.34. The van der Waals surface area contributed by atoms with Crippen LogP contribution in [0.5, 0.6) is 5.75 Å². The van der Waals surface area contributed by atoms with Crippen LogP contribution in [0.25, 0.3) is 0 Å². The summed E-state index contributed by atoms with van der Waals surface area (Å²) in [4.78, 5) is 12.3. The smallest absolute Gasteiger partial charge is 0.418 e. The first-order valence-corrected chi connectivity index (χ1v) is 8.72. The second-order valence-electron chi connectivity index (χ2n) is 5.97. The summed E-state index contributed by atoms with van der Waals surface area (Å²) in [6.07, 6.45) is -3.73. The molecule has 5 nitrogen and oxygen atoms in total. The number of nitriles is 1. The van der Waals surface area contributed by atoms with Crippen LogP contribution in [-0.4, -0.2) is 13.0 Å². The van der Waals surface area contributed by atoms with Gasteiger partial charge in [0.2, 0.25) is 0 Å². The summed E-state index contributed by atoms with van der Waals surface area (Å²) in [6.45, 7) is 1.71. The lowest BCUT2D eigenvalue weighted by Gasteiger charge is -2.15. The molecule has 0 heterocycles. The molecule has 0 saturated heterocycles. The van der Waals surface area contributed by atoms with E-state index in [1.165, 1.54) is 13.2 Å². The molecule has 2 aromatic rings. The van der Waals surface area contributed by atoms with Crippen LogP contribution in [-0.2, 0) is 11.0 Å². The molecular formula is C20H17ClF3N3O2. The maximum atomic E-state index is 13.1. The number of methoxy groups -OCH3 is 1. The zero-order valence-corrected chi connectivity index (χ0v) is 16.2. The van der Waals surface area contributed by atoms with Crippen molar-refractivity contribution in [3.8, 4) is 11.8 Å². The summed E-state index contributed by atoms with van der Waals surface area (Å²) >= 11 is 5.63. The van der Waals surface area contributed by atoms with Gasteiger partial charge in [0.05, 0.1) is 24.4 Å². The topological polar surface area (TPSA) is 74.1 Å². The molecule has 2 N–H and O–H groups in total. The molecule has 152 valence electrons. The number of anilines is 1. The summed E-state index contributed by atoms with van der Waals surface area (Å²) in [5, 5.41) is 14.1. The van der Waals surface area contributed by atoms with Crippen LogP contribution in [0.4, 0.5) is 18.9 Å². The van der Waals surface area contributed by atoms with E-state index >= 15 is 0 Å². The van der Waals surface area contributed by atoms with Gasteiger partial charge < -0.3 is 15.4 Å². The van der Waals surface area contributed by atoms with E-state index in [1.807, 2.05) is 0 Å². The fourth-order valence-corrected chi connectivity index (χ4v) is 2.60. The molecule has 0 aliphatic carbocycles. The number of halogens is 4. The monoisotopic (exact) mass is 423 g/mol. The molecule has 0 aliphatic heterocycles. The van der Waals surface area contributed by atoms with Gasteiger partial charge in [-0.15, -0.1) is 0 Å². The molecule has 0 fully saturated rings. The number of amides is 1. The van der Waals surface area contributed by atoms with Crippen molar-refractivity contribution >= 4 is 23.2 Å².